The van der Waals surface area contributed by atoms with Crippen molar-refractivity contribution in [3.8, 4) is 0 Å². The summed E-state index contributed by atoms with van der Waals surface area (Å²) in [4.78, 5) is 0. The third kappa shape index (κ3) is 7.49. The largest absolute Gasteiger partial charge is 0.149 e. The Hall–Kier alpha value is -0.823. The van der Waals surface area contributed by atoms with Gasteiger partial charge in [0, 0.05) is 0 Å². The molecular formula is C17H30Si. The zero-order valence-corrected chi connectivity index (χ0v) is 13.5. The van der Waals surface area contributed by atoms with Crippen molar-refractivity contribution in [3.05, 3.63) is 47.6 Å². The highest BCUT2D eigenvalue weighted by molar-refractivity contribution is 6.97. The van der Waals surface area contributed by atoms with Crippen molar-refractivity contribution in [3.63, 3.8) is 0 Å². The molecule has 0 fully saturated rings. The van der Waals surface area contributed by atoms with Crippen LogP contribution in [0.5, 0.6) is 0 Å². The van der Waals surface area contributed by atoms with Crippen LogP contribution in [-0.4, -0.2) is 8.07 Å². The summed E-state index contributed by atoms with van der Waals surface area (Å²) in [7, 11) is -1.66. The first-order chi connectivity index (χ1) is 8.74. The Balaban J connectivity index is 4.87. The van der Waals surface area contributed by atoms with Crippen molar-refractivity contribution in [1.82, 2.24) is 0 Å². The Morgan fingerprint density at radius 1 is 0.722 bits per heavy atom. The number of rotatable bonds is 10. The predicted molar refractivity (Wildman–Crippen MR) is 88.1 cm³/mol. The van der Waals surface area contributed by atoms with Gasteiger partial charge in [0.25, 0.3) is 0 Å². The standard InChI is InChI=1S/C17H30Si/c1-5-9-12-15-18(8-4,16-13-10-6-2)17-14-11-7-3/h8,12-17H,4-7,9-11H2,1-3H3. The summed E-state index contributed by atoms with van der Waals surface area (Å²) < 4.78 is 0. The summed E-state index contributed by atoms with van der Waals surface area (Å²) in [5.41, 5.74) is 9.43. The number of hydrogen-bond donors (Lipinski definition) is 0. The maximum absolute atomic E-state index is 4.08. The van der Waals surface area contributed by atoms with Crippen LogP contribution < -0.4 is 0 Å². The second kappa shape index (κ2) is 11.3. The molecular weight excluding hydrogens is 232 g/mol. The summed E-state index contributed by atoms with van der Waals surface area (Å²) in [6.07, 6.45) is 14.2. The summed E-state index contributed by atoms with van der Waals surface area (Å²) in [5, 5.41) is 0. The summed E-state index contributed by atoms with van der Waals surface area (Å²) in [6.45, 7) is 10.7. The van der Waals surface area contributed by atoms with Crippen LogP contribution in [0.25, 0.3) is 0 Å². The Morgan fingerprint density at radius 2 is 1.06 bits per heavy atom. The van der Waals surface area contributed by atoms with Crippen LogP contribution in [0.15, 0.2) is 47.6 Å². The lowest BCUT2D eigenvalue weighted by molar-refractivity contribution is 0.957. The van der Waals surface area contributed by atoms with Gasteiger partial charge >= 0.3 is 0 Å². The molecule has 0 unspecified atom stereocenters. The van der Waals surface area contributed by atoms with Crippen molar-refractivity contribution in [2.75, 3.05) is 0 Å². The molecule has 0 saturated carbocycles. The van der Waals surface area contributed by atoms with E-state index < -0.39 is 8.07 Å². The monoisotopic (exact) mass is 262 g/mol. The Kier molecular flexibility index (Phi) is 10.8. The van der Waals surface area contributed by atoms with Crippen LogP contribution in [0.2, 0.25) is 0 Å². The highest BCUT2D eigenvalue weighted by atomic mass is 28.3. The maximum atomic E-state index is 4.08. The first-order valence-electron chi connectivity index (χ1n) is 7.41. The Morgan fingerprint density at radius 3 is 1.28 bits per heavy atom. The van der Waals surface area contributed by atoms with Gasteiger partial charge in [0.2, 0.25) is 0 Å². The SMILES string of the molecule is C=C[Si](C=CCCC)(C=CCCC)C=CCCC. The Labute approximate surface area is 115 Å². The van der Waals surface area contributed by atoms with Crippen molar-refractivity contribution >= 4 is 8.07 Å². The number of unbranched alkanes of at least 4 members (excludes halogenated alkanes) is 3. The van der Waals surface area contributed by atoms with Gasteiger partial charge in [-0.05, 0) is 19.3 Å². The Bertz CT molecular complexity index is 243. The van der Waals surface area contributed by atoms with E-state index in [1.807, 2.05) is 0 Å². The zero-order valence-electron chi connectivity index (χ0n) is 12.5. The molecule has 0 aromatic carbocycles. The normalized spacial score (nSPS) is 15.7. The molecule has 0 aliphatic rings. The van der Waals surface area contributed by atoms with Gasteiger partial charge in [0.15, 0.2) is 0 Å². The molecule has 0 radical (unpaired) electrons. The van der Waals surface area contributed by atoms with Gasteiger partial charge in [-0.3, -0.25) is 0 Å². The fourth-order valence-corrected chi connectivity index (χ4v) is 4.20. The molecule has 0 rings (SSSR count). The summed E-state index contributed by atoms with van der Waals surface area (Å²) in [5.74, 6) is 0. The van der Waals surface area contributed by atoms with Crippen LogP contribution >= 0.6 is 0 Å². The van der Waals surface area contributed by atoms with Gasteiger partial charge in [-0.15, -0.1) is 6.58 Å². The maximum Gasteiger partial charge on any atom is 0.149 e. The van der Waals surface area contributed by atoms with Crippen molar-refractivity contribution in [2.24, 2.45) is 0 Å². The van der Waals surface area contributed by atoms with E-state index in [0.717, 1.165) is 0 Å². The van der Waals surface area contributed by atoms with E-state index in [0.29, 0.717) is 0 Å². The van der Waals surface area contributed by atoms with Crippen molar-refractivity contribution < 1.29 is 0 Å². The molecule has 0 heterocycles. The molecule has 0 N–H and O–H groups in total. The minimum absolute atomic E-state index is 1.17. The third-order valence-electron chi connectivity index (χ3n) is 2.94. The van der Waals surface area contributed by atoms with E-state index in [4.69, 9.17) is 0 Å². The van der Waals surface area contributed by atoms with Gasteiger partial charge in [-0.25, -0.2) is 0 Å². The first-order valence-corrected chi connectivity index (χ1v) is 9.72. The number of allylic oxidation sites excluding steroid dienone is 3. The minimum Gasteiger partial charge on any atom is -0.106 e. The van der Waals surface area contributed by atoms with Crippen molar-refractivity contribution in [2.45, 2.75) is 59.3 Å². The van der Waals surface area contributed by atoms with Crippen LogP contribution in [0.3, 0.4) is 0 Å². The molecule has 0 amide bonds. The molecule has 0 atom stereocenters. The fraction of sp³-hybridized carbons (Fsp3) is 0.529. The van der Waals surface area contributed by atoms with E-state index >= 15 is 0 Å². The smallest absolute Gasteiger partial charge is 0.106 e. The lowest BCUT2D eigenvalue weighted by atomic mass is 10.3. The molecule has 0 spiro atoms. The molecule has 0 aliphatic heterocycles. The second-order valence-corrected chi connectivity index (χ2v) is 8.19. The molecule has 1 heteroatoms. The highest BCUT2D eigenvalue weighted by Gasteiger charge is 2.18. The minimum atomic E-state index is -1.66. The highest BCUT2D eigenvalue weighted by Crippen LogP contribution is 2.14. The van der Waals surface area contributed by atoms with E-state index in [2.05, 4.69) is 68.4 Å². The van der Waals surface area contributed by atoms with Crippen molar-refractivity contribution in [1.29, 1.82) is 0 Å². The van der Waals surface area contributed by atoms with E-state index in [9.17, 15) is 0 Å². The molecule has 0 aliphatic carbocycles. The average molecular weight is 263 g/mol. The van der Waals surface area contributed by atoms with Gasteiger partial charge in [-0.1, -0.05) is 81.1 Å². The van der Waals surface area contributed by atoms with Gasteiger partial charge in [-0.2, -0.15) is 0 Å². The molecule has 0 aromatic rings. The van der Waals surface area contributed by atoms with Crippen LogP contribution in [0.4, 0.5) is 0 Å². The van der Waals surface area contributed by atoms with Crippen LogP contribution in [0.1, 0.15) is 59.3 Å². The quantitative estimate of drug-likeness (QED) is 0.433. The second-order valence-electron chi connectivity index (χ2n) is 4.78. The zero-order chi connectivity index (χ0) is 13.7. The van der Waals surface area contributed by atoms with E-state index in [1.165, 1.54) is 38.5 Å². The third-order valence-corrected chi connectivity index (χ3v) is 6.09. The lowest BCUT2D eigenvalue weighted by Gasteiger charge is -2.15. The average Bonchev–Trinajstić information content (AvgIpc) is 2.39. The summed E-state index contributed by atoms with van der Waals surface area (Å²) >= 11 is 0. The van der Waals surface area contributed by atoms with Gasteiger partial charge < -0.3 is 0 Å². The molecule has 18 heavy (non-hydrogen) atoms. The molecule has 102 valence electrons. The topological polar surface area (TPSA) is 0 Å². The number of hydrogen-bond acceptors (Lipinski definition) is 0. The van der Waals surface area contributed by atoms with Gasteiger partial charge in [0.05, 0.1) is 0 Å². The fourth-order valence-electron chi connectivity index (χ4n) is 1.73. The molecule has 0 saturated heterocycles. The predicted octanol–water partition coefficient (Wildman–Crippen LogP) is 5.85. The molecule has 0 nitrogen and oxygen atoms in total. The van der Waals surface area contributed by atoms with E-state index in [1.54, 1.807) is 0 Å². The lowest BCUT2D eigenvalue weighted by Crippen LogP contribution is -2.24. The first kappa shape index (κ1) is 17.2. The summed E-state index contributed by atoms with van der Waals surface area (Å²) in [6, 6.07) is 0. The van der Waals surface area contributed by atoms with Crippen LogP contribution in [-0.2, 0) is 0 Å². The molecule has 0 aromatic heterocycles. The van der Waals surface area contributed by atoms with E-state index in [-0.39, 0.29) is 0 Å². The van der Waals surface area contributed by atoms with Gasteiger partial charge in [0.1, 0.15) is 8.07 Å². The van der Waals surface area contributed by atoms with Crippen LogP contribution in [0, 0.1) is 0 Å². The molecule has 0 bridgehead atoms.